The zero-order valence-corrected chi connectivity index (χ0v) is 15.6. The summed E-state index contributed by atoms with van der Waals surface area (Å²) in [5.74, 6) is -1.15. The van der Waals surface area contributed by atoms with Crippen LogP contribution in [0.15, 0.2) is 42.7 Å². The van der Waals surface area contributed by atoms with Gasteiger partial charge in [-0.05, 0) is 42.7 Å². The number of pyridine rings is 1. The lowest BCUT2D eigenvalue weighted by Crippen LogP contribution is -2.46. The Bertz CT molecular complexity index is 740. The Morgan fingerprint density at radius 1 is 1.12 bits per heavy atom. The number of nitrogens with zero attached hydrogens (tertiary/aromatic N) is 3. The molecule has 2 heterocycles. The first kappa shape index (κ1) is 18.2. The third kappa shape index (κ3) is 3.82. The van der Waals surface area contributed by atoms with E-state index in [0.717, 1.165) is 43.7 Å². The number of anilines is 2. The molecule has 1 N–H and O–H groups in total. The molecule has 0 amide bonds. The number of rotatable bonds is 6. The molecule has 1 unspecified atom stereocenters. The second-order valence-corrected chi connectivity index (χ2v) is 6.85. The lowest BCUT2D eigenvalue weighted by Gasteiger charge is -2.38. The highest BCUT2D eigenvalue weighted by Gasteiger charge is 2.24. The van der Waals surface area contributed by atoms with Gasteiger partial charge in [-0.15, -0.1) is 0 Å². The first-order valence-corrected chi connectivity index (χ1v) is 9.34. The van der Waals surface area contributed by atoms with Crippen LogP contribution in [-0.4, -0.2) is 42.2 Å². The Labute approximate surface area is 155 Å². The molecule has 1 fully saturated rings. The molecule has 5 nitrogen and oxygen atoms in total. The lowest BCUT2D eigenvalue weighted by atomic mass is 9.90. The third-order valence-electron chi connectivity index (χ3n) is 5.25. The molecule has 1 aliphatic heterocycles. The molecule has 5 heteroatoms. The predicted molar refractivity (Wildman–Crippen MR) is 105 cm³/mol. The molecule has 1 aromatic heterocycles. The van der Waals surface area contributed by atoms with E-state index in [1.165, 1.54) is 11.4 Å². The van der Waals surface area contributed by atoms with E-state index >= 15 is 0 Å². The molecule has 0 radical (unpaired) electrons. The Morgan fingerprint density at radius 3 is 2.38 bits per heavy atom. The minimum atomic E-state index is -0.727. The number of carboxylic acids is 1. The summed E-state index contributed by atoms with van der Waals surface area (Å²) in [4.78, 5) is 20.5. The fourth-order valence-corrected chi connectivity index (χ4v) is 3.82. The summed E-state index contributed by atoms with van der Waals surface area (Å²) in [6.07, 6.45) is 5.20. The number of aliphatic carboxylic acids is 1. The van der Waals surface area contributed by atoms with Gasteiger partial charge in [-0.1, -0.05) is 25.5 Å². The van der Waals surface area contributed by atoms with Crippen molar-refractivity contribution in [2.45, 2.75) is 32.6 Å². The summed E-state index contributed by atoms with van der Waals surface area (Å²) >= 11 is 0. The molecule has 138 valence electrons. The molecule has 0 bridgehead atoms. The third-order valence-corrected chi connectivity index (χ3v) is 5.25. The Morgan fingerprint density at radius 2 is 1.77 bits per heavy atom. The second kappa shape index (κ2) is 8.21. The zero-order valence-electron chi connectivity index (χ0n) is 15.6. The summed E-state index contributed by atoms with van der Waals surface area (Å²) in [6, 6.07) is 10.2. The monoisotopic (exact) mass is 353 g/mol. The quantitative estimate of drug-likeness (QED) is 0.858. The summed E-state index contributed by atoms with van der Waals surface area (Å²) in [5.41, 5.74) is 4.43. The first-order valence-electron chi connectivity index (χ1n) is 9.34. The van der Waals surface area contributed by atoms with Crippen LogP contribution in [0.5, 0.6) is 0 Å². The summed E-state index contributed by atoms with van der Waals surface area (Å²) in [7, 11) is 0. The van der Waals surface area contributed by atoms with Gasteiger partial charge in [-0.2, -0.15) is 0 Å². The summed E-state index contributed by atoms with van der Waals surface area (Å²) in [6.45, 7) is 7.85. The number of piperazine rings is 1. The van der Waals surface area contributed by atoms with Gasteiger partial charge in [-0.3, -0.25) is 9.78 Å². The molecule has 1 atom stereocenters. The second-order valence-electron chi connectivity index (χ2n) is 6.85. The normalized spacial score (nSPS) is 15.8. The van der Waals surface area contributed by atoms with Gasteiger partial charge in [0.1, 0.15) is 0 Å². The van der Waals surface area contributed by atoms with Gasteiger partial charge in [0.15, 0.2) is 0 Å². The number of carboxylic acid groups (broad SMARTS) is 1. The van der Waals surface area contributed by atoms with Crippen LogP contribution in [0, 0.1) is 6.92 Å². The highest BCUT2D eigenvalue weighted by Crippen LogP contribution is 2.32. The number of hydrogen-bond acceptors (Lipinski definition) is 4. The van der Waals surface area contributed by atoms with Gasteiger partial charge in [0.2, 0.25) is 0 Å². The van der Waals surface area contributed by atoms with E-state index in [1.807, 2.05) is 43.6 Å². The van der Waals surface area contributed by atoms with Gasteiger partial charge < -0.3 is 14.9 Å². The molecule has 3 rings (SSSR count). The standard InChI is InChI=1S/C21H27N3O2/c1-3-5-19(21(25)26)18-6-4-7-20(16(18)2)24-14-12-23(13-15-24)17-8-10-22-11-9-17/h4,6-11,19H,3,5,12-15H2,1-2H3,(H,25,26). The topological polar surface area (TPSA) is 56.7 Å². The molecule has 2 aromatic rings. The van der Waals surface area contributed by atoms with E-state index in [-0.39, 0.29) is 0 Å². The summed E-state index contributed by atoms with van der Waals surface area (Å²) < 4.78 is 0. The highest BCUT2D eigenvalue weighted by molar-refractivity contribution is 5.78. The molecular formula is C21H27N3O2. The van der Waals surface area contributed by atoms with Crippen molar-refractivity contribution in [2.75, 3.05) is 36.0 Å². The van der Waals surface area contributed by atoms with Crippen LogP contribution in [-0.2, 0) is 4.79 Å². The highest BCUT2D eigenvalue weighted by atomic mass is 16.4. The van der Waals surface area contributed by atoms with E-state index in [2.05, 4.69) is 27.8 Å². The van der Waals surface area contributed by atoms with Crippen LogP contribution in [0.25, 0.3) is 0 Å². The van der Waals surface area contributed by atoms with Gasteiger partial charge in [0, 0.05) is 49.9 Å². The average Bonchev–Trinajstić information content (AvgIpc) is 2.67. The number of aromatic nitrogens is 1. The average molecular weight is 353 g/mol. The van der Waals surface area contributed by atoms with Crippen LogP contribution in [0.1, 0.15) is 36.8 Å². The van der Waals surface area contributed by atoms with Crippen LogP contribution < -0.4 is 9.80 Å². The fourth-order valence-electron chi connectivity index (χ4n) is 3.82. The molecule has 0 aliphatic carbocycles. The summed E-state index contributed by atoms with van der Waals surface area (Å²) in [5, 5.41) is 9.62. The maximum atomic E-state index is 11.7. The largest absolute Gasteiger partial charge is 0.481 e. The van der Waals surface area contributed by atoms with E-state index in [1.54, 1.807) is 0 Å². The Balaban J connectivity index is 1.76. The Hall–Kier alpha value is -2.56. The van der Waals surface area contributed by atoms with Gasteiger partial charge in [-0.25, -0.2) is 0 Å². The van der Waals surface area contributed by atoms with E-state index in [4.69, 9.17) is 0 Å². The zero-order chi connectivity index (χ0) is 18.5. The predicted octanol–water partition coefficient (Wildman–Crippen LogP) is 3.68. The van der Waals surface area contributed by atoms with Gasteiger partial charge >= 0.3 is 5.97 Å². The van der Waals surface area contributed by atoms with E-state index in [0.29, 0.717) is 6.42 Å². The van der Waals surface area contributed by atoms with Crippen molar-refractivity contribution in [1.29, 1.82) is 0 Å². The van der Waals surface area contributed by atoms with Crippen molar-refractivity contribution in [3.05, 3.63) is 53.9 Å². The molecule has 1 aliphatic rings. The van der Waals surface area contributed by atoms with Crippen molar-refractivity contribution < 1.29 is 9.90 Å². The van der Waals surface area contributed by atoms with Crippen LogP contribution in [0.3, 0.4) is 0 Å². The SMILES string of the molecule is CCCC(C(=O)O)c1cccc(N2CCN(c3ccncc3)CC2)c1C. The van der Waals surface area contributed by atoms with Crippen LogP contribution in [0.2, 0.25) is 0 Å². The van der Waals surface area contributed by atoms with Crippen molar-refractivity contribution in [3.8, 4) is 0 Å². The minimum Gasteiger partial charge on any atom is -0.481 e. The minimum absolute atomic E-state index is 0.418. The molecule has 0 saturated carbocycles. The molecule has 0 spiro atoms. The van der Waals surface area contributed by atoms with Gasteiger partial charge in [0.25, 0.3) is 0 Å². The van der Waals surface area contributed by atoms with Crippen LogP contribution >= 0.6 is 0 Å². The Kier molecular flexibility index (Phi) is 5.76. The van der Waals surface area contributed by atoms with Crippen molar-refractivity contribution >= 4 is 17.3 Å². The van der Waals surface area contributed by atoms with Crippen molar-refractivity contribution in [2.24, 2.45) is 0 Å². The van der Waals surface area contributed by atoms with Crippen molar-refractivity contribution in [1.82, 2.24) is 4.98 Å². The number of carbonyl (C=O) groups is 1. The number of benzene rings is 1. The van der Waals surface area contributed by atoms with E-state index < -0.39 is 11.9 Å². The molecule has 26 heavy (non-hydrogen) atoms. The maximum absolute atomic E-state index is 11.7. The maximum Gasteiger partial charge on any atom is 0.310 e. The number of hydrogen-bond donors (Lipinski definition) is 1. The molecular weight excluding hydrogens is 326 g/mol. The van der Waals surface area contributed by atoms with Gasteiger partial charge in [0.05, 0.1) is 5.92 Å². The smallest absolute Gasteiger partial charge is 0.310 e. The van der Waals surface area contributed by atoms with Crippen LogP contribution in [0.4, 0.5) is 11.4 Å². The van der Waals surface area contributed by atoms with E-state index in [9.17, 15) is 9.90 Å². The molecule has 1 aromatic carbocycles. The van der Waals surface area contributed by atoms with Crippen molar-refractivity contribution in [3.63, 3.8) is 0 Å². The lowest BCUT2D eigenvalue weighted by molar-refractivity contribution is -0.139. The molecule has 1 saturated heterocycles. The fraction of sp³-hybridized carbons (Fsp3) is 0.429. The first-order chi connectivity index (χ1) is 12.6.